The van der Waals surface area contributed by atoms with Gasteiger partial charge in [-0.15, -0.1) is 0 Å². The molecule has 0 aromatic carbocycles. The monoisotopic (exact) mass is 299 g/mol. The first kappa shape index (κ1) is 14.5. The fourth-order valence-corrected chi connectivity index (χ4v) is 3.59. The molecule has 4 nitrogen and oxygen atoms in total. The molecule has 0 unspecified atom stereocenters. The van der Waals surface area contributed by atoms with Crippen LogP contribution in [0.25, 0.3) is 0 Å². The van der Waals surface area contributed by atoms with E-state index in [9.17, 15) is 4.79 Å². The Labute approximate surface area is 122 Å². The van der Waals surface area contributed by atoms with Crippen molar-refractivity contribution in [2.75, 3.05) is 11.1 Å². The van der Waals surface area contributed by atoms with Gasteiger partial charge in [-0.05, 0) is 37.1 Å². The first-order valence-electron chi connectivity index (χ1n) is 6.48. The minimum atomic E-state index is -0.206. The summed E-state index contributed by atoms with van der Waals surface area (Å²) in [5, 5.41) is 6.71. The molecule has 1 aromatic heterocycles. The number of urea groups is 1. The van der Waals surface area contributed by atoms with Crippen molar-refractivity contribution in [3.05, 3.63) is 23.5 Å². The van der Waals surface area contributed by atoms with Crippen molar-refractivity contribution in [2.45, 2.75) is 37.5 Å². The lowest BCUT2D eigenvalue weighted by Gasteiger charge is -2.14. The third-order valence-electron chi connectivity index (χ3n) is 3.13. The molecule has 2 rings (SSSR count). The van der Waals surface area contributed by atoms with Crippen molar-refractivity contribution in [3.8, 4) is 0 Å². The average molecular weight is 300 g/mol. The maximum Gasteiger partial charge on any atom is 0.319 e. The molecule has 0 radical (unpaired) electrons. The third-order valence-corrected chi connectivity index (χ3v) is 4.66. The Morgan fingerprint density at radius 3 is 3.16 bits per heavy atom. The molecule has 1 aliphatic rings. The number of pyridine rings is 1. The molecule has 2 amide bonds. The lowest BCUT2D eigenvalue weighted by molar-refractivity contribution is 0.248. The summed E-state index contributed by atoms with van der Waals surface area (Å²) in [6.07, 6.45) is 4.87. The zero-order valence-electron chi connectivity index (χ0n) is 10.9. The fourth-order valence-electron chi connectivity index (χ4n) is 2.28. The third kappa shape index (κ3) is 4.28. The summed E-state index contributed by atoms with van der Waals surface area (Å²) in [6, 6.07) is 3.53. The van der Waals surface area contributed by atoms with Gasteiger partial charge in [0.25, 0.3) is 0 Å². The lowest BCUT2D eigenvalue weighted by Crippen LogP contribution is -2.36. The highest BCUT2D eigenvalue weighted by molar-refractivity contribution is 7.99. The van der Waals surface area contributed by atoms with Crippen LogP contribution in [-0.4, -0.2) is 28.1 Å². The number of carbonyl (C=O) groups excluding carboxylic acids is 1. The number of hydrogen-bond acceptors (Lipinski definition) is 3. The van der Waals surface area contributed by atoms with Gasteiger partial charge in [0.05, 0.1) is 5.69 Å². The van der Waals surface area contributed by atoms with Crippen LogP contribution in [0, 0.1) is 0 Å². The van der Waals surface area contributed by atoms with Crippen LogP contribution in [0.4, 0.5) is 10.5 Å². The van der Waals surface area contributed by atoms with Gasteiger partial charge in [0, 0.05) is 17.5 Å². The van der Waals surface area contributed by atoms with Crippen molar-refractivity contribution >= 4 is 35.1 Å². The highest BCUT2D eigenvalue weighted by Gasteiger charge is 2.25. The largest absolute Gasteiger partial charge is 0.335 e. The standard InChI is InChI=1S/C13H18ClN3OS/c1-2-19-10-6-5-9(8-10)16-13(18)17-11-4-3-7-15-12(11)14/h3-4,7,9-10H,2,5-6,8H2,1H3,(H2,16,17,18)/t9-,10+/m0/s1. The van der Waals surface area contributed by atoms with Crippen LogP contribution in [0.3, 0.4) is 0 Å². The highest BCUT2D eigenvalue weighted by atomic mass is 35.5. The van der Waals surface area contributed by atoms with Gasteiger partial charge in [-0.1, -0.05) is 18.5 Å². The number of rotatable bonds is 4. The summed E-state index contributed by atoms with van der Waals surface area (Å²) in [5.41, 5.74) is 0.541. The molecule has 1 saturated carbocycles. The molecule has 2 N–H and O–H groups in total. The topological polar surface area (TPSA) is 54.0 Å². The van der Waals surface area contributed by atoms with Crippen molar-refractivity contribution in [2.24, 2.45) is 0 Å². The molecule has 0 saturated heterocycles. The molecule has 1 aromatic rings. The summed E-state index contributed by atoms with van der Waals surface area (Å²) >= 11 is 7.87. The van der Waals surface area contributed by atoms with Gasteiger partial charge in [-0.25, -0.2) is 9.78 Å². The summed E-state index contributed by atoms with van der Waals surface area (Å²) in [6.45, 7) is 2.17. The van der Waals surface area contributed by atoms with E-state index < -0.39 is 0 Å². The Hall–Kier alpha value is -0.940. The number of anilines is 1. The Morgan fingerprint density at radius 2 is 2.42 bits per heavy atom. The predicted molar refractivity (Wildman–Crippen MR) is 81.0 cm³/mol. The summed E-state index contributed by atoms with van der Waals surface area (Å²) in [4.78, 5) is 15.8. The number of nitrogens with zero attached hydrogens (tertiary/aromatic N) is 1. The Kier molecular flexibility index (Phi) is 5.34. The number of carbonyl (C=O) groups is 1. The quantitative estimate of drug-likeness (QED) is 0.836. The molecule has 104 valence electrons. The van der Waals surface area contributed by atoms with Gasteiger partial charge >= 0.3 is 6.03 Å². The molecule has 0 spiro atoms. The second kappa shape index (κ2) is 7.01. The first-order valence-corrected chi connectivity index (χ1v) is 7.91. The zero-order valence-corrected chi connectivity index (χ0v) is 12.4. The Bertz CT molecular complexity index is 444. The Balaban J connectivity index is 1.81. The van der Waals surface area contributed by atoms with Crippen molar-refractivity contribution < 1.29 is 4.79 Å². The molecular weight excluding hydrogens is 282 g/mol. The predicted octanol–water partition coefficient (Wildman–Crippen LogP) is 3.53. The van der Waals surface area contributed by atoms with Crippen LogP contribution in [-0.2, 0) is 0 Å². The molecular formula is C13H18ClN3OS. The van der Waals surface area contributed by atoms with Gasteiger partial charge in [-0.2, -0.15) is 11.8 Å². The Morgan fingerprint density at radius 1 is 1.58 bits per heavy atom. The second-order valence-electron chi connectivity index (χ2n) is 4.53. The van der Waals surface area contributed by atoms with Crippen LogP contribution in [0.2, 0.25) is 5.15 Å². The van der Waals surface area contributed by atoms with Crippen molar-refractivity contribution in [1.29, 1.82) is 0 Å². The number of nitrogens with one attached hydrogen (secondary N) is 2. The molecule has 1 aliphatic carbocycles. The second-order valence-corrected chi connectivity index (χ2v) is 6.46. The molecule has 0 bridgehead atoms. The number of aromatic nitrogens is 1. The molecule has 1 fully saturated rings. The van der Waals surface area contributed by atoms with E-state index in [1.807, 2.05) is 11.8 Å². The van der Waals surface area contributed by atoms with E-state index in [1.54, 1.807) is 18.3 Å². The normalized spacial score (nSPS) is 22.2. The van der Waals surface area contributed by atoms with E-state index in [0.29, 0.717) is 16.1 Å². The minimum absolute atomic E-state index is 0.206. The van der Waals surface area contributed by atoms with E-state index >= 15 is 0 Å². The molecule has 19 heavy (non-hydrogen) atoms. The van der Waals surface area contributed by atoms with E-state index in [-0.39, 0.29) is 12.1 Å². The van der Waals surface area contributed by atoms with Crippen LogP contribution < -0.4 is 10.6 Å². The summed E-state index contributed by atoms with van der Waals surface area (Å²) < 4.78 is 0. The van der Waals surface area contributed by atoms with E-state index in [0.717, 1.165) is 18.6 Å². The summed E-state index contributed by atoms with van der Waals surface area (Å²) in [5.74, 6) is 1.13. The van der Waals surface area contributed by atoms with Gasteiger partial charge in [0.1, 0.15) is 0 Å². The minimum Gasteiger partial charge on any atom is -0.335 e. The maximum absolute atomic E-state index is 11.9. The number of amides is 2. The fraction of sp³-hybridized carbons (Fsp3) is 0.538. The number of halogens is 1. The van der Waals surface area contributed by atoms with Crippen LogP contribution in [0.5, 0.6) is 0 Å². The highest BCUT2D eigenvalue weighted by Crippen LogP contribution is 2.29. The lowest BCUT2D eigenvalue weighted by atomic mass is 10.2. The molecule has 2 atom stereocenters. The van der Waals surface area contributed by atoms with Crippen molar-refractivity contribution in [3.63, 3.8) is 0 Å². The van der Waals surface area contributed by atoms with E-state index in [4.69, 9.17) is 11.6 Å². The molecule has 1 heterocycles. The first-order chi connectivity index (χ1) is 9.19. The van der Waals surface area contributed by atoms with Gasteiger partial charge < -0.3 is 10.6 Å². The van der Waals surface area contributed by atoms with E-state index in [1.165, 1.54) is 6.42 Å². The van der Waals surface area contributed by atoms with Gasteiger partial charge in [0.15, 0.2) is 5.15 Å². The zero-order chi connectivity index (χ0) is 13.7. The average Bonchev–Trinajstić information content (AvgIpc) is 2.80. The van der Waals surface area contributed by atoms with Gasteiger partial charge in [0.2, 0.25) is 0 Å². The SMILES string of the molecule is CCS[C@@H]1CC[C@H](NC(=O)Nc2cccnc2Cl)C1. The van der Waals surface area contributed by atoms with E-state index in [2.05, 4.69) is 22.5 Å². The summed E-state index contributed by atoms with van der Waals surface area (Å²) in [7, 11) is 0. The molecule has 6 heteroatoms. The van der Waals surface area contributed by atoms with Crippen molar-refractivity contribution in [1.82, 2.24) is 10.3 Å². The number of hydrogen-bond donors (Lipinski definition) is 2. The van der Waals surface area contributed by atoms with Crippen LogP contribution in [0.1, 0.15) is 26.2 Å². The number of thioether (sulfide) groups is 1. The van der Waals surface area contributed by atoms with Gasteiger partial charge in [-0.3, -0.25) is 0 Å². The smallest absolute Gasteiger partial charge is 0.319 e. The van der Waals surface area contributed by atoms with Crippen LogP contribution in [0.15, 0.2) is 18.3 Å². The van der Waals surface area contributed by atoms with Crippen LogP contribution >= 0.6 is 23.4 Å². The maximum atomic E-state index is 11.9. The molecule has 0 aliphatic heterocycles.